The number of hydrogen-bond acceptors (Lipinski definition) is 3. The van der Waals surface area contributed by atoms with E-state index < -0.39 is 0 Å². The number of amides is 1. The number of nitrogens with one attached hydrogen (secondary N) is 2. The van der Waals surface area contributed by atoms with Gasteiger partial charge in [-0.2, -0.15) is 0 Å². The van der Waals surface area contributed by atoms with Gasteiger partial charge in [0.15, 0.2) is 0 Å². The monoisotopic (exact) mass is 179 g/mol. The first kappa shape index (κ1) is 9.51. The normalized spacial score (nSPS) is 9.38. The van der Waals surface area contributed by atoms with Crippen LogP contribution in [0.1, 0.15) is 17.3 Å². The fourth-order valence-corrected chi connectivity index (χ4v) is 0.958. The summed E-state index contributed by atoms with van der Waals surface area (Å²) in [4.78, 5) is 15.2. The minimum Gasteiger partial charge on any atom is -0.370 e. The maximum absolute atomic E-state index is 11.1. The van der Waals surface area contributed by atoms with Crippen molar-refractivity contribution in [3.05, 3.63) is 23.9 Å². The lowest BCUT2D eigenvalue weighted by Crippen LogP contribution is -2.17. The van der Waals surface area contributed by atoms with Crippen molar-refractivity contribution in [2.75, 3.05) is 18.9 Å². The standard InChI is InChI=1S/C9H13N3O/c1-3-11-8-5-4-7(6-12-8)9(13)10-2/h4-6H,3H2,1-2H3,(H,10,13)(H,11,12). The van der Waals surface area contributed by atoms with E-state index in [-0.39, 0.29) is 5.91 Å². The molecule has 1 aromatic rings. The van der Waals surface area contributed by atoms with Crippen LogP contribution in [-0.2, 0) is 0 Å². The fourth-order valence-electron chi connectivity index (χ4n) is 0.958. The second kappa shape index (κ2) is 4.45. The molecule has 0 aliphatic rings. The molecule has 0 saturated heterocycles. The van der Waals surface area contributed by atoms with Gasteiger partial charge in [-0.15, -0.1) is 0 Å². The molecule has 70 valence electrons. The van der Waals surface area contributed by atoms with Gasteiger partial charge in [0.05, 0.1) is 5.56 Å². The van der Waals surface area contributed by atoms with E-state index in [9.17, 15) is 4.79 Å². The van der Waals surface area contributed by atoms with E-state index in [4.69, 9.17) is 0 Å². The van der Waals surface area contributed by atoms with Crippen molar-refractivity contribution in [2.45, 2.75) is 6.92 Å². The minimum absolute atomic E-state index is 0.115. The molecule has 0 saturated carbocycles. The van der Waals surface area contributed by atoms with Crippen LogP contribution in [0.5, 0.6) is 0 Å². The van der Waals surface area contributed by atoms with Crippen molar-refractivity contribution in [1.82, 2.24) is 10.3 Å². The van der Waals surface area contributed by atoms with E-state index in [1.165, 1.54) is 0 Å². The lowest BCUT2D eigenvalue weighted by atomic mass is 10.2. The van der Waals surface area contributed by atoms with E-state index in [2.05, 4.69) is 15.6 Å². The summed E-state index contributed by atoms with van der Waals surface area (Å²) >= 11 is 0. The van der Waals surface area contributed by atoms with Gasteiger partial charge in [-0.3, -0.25) is 4.79 Å². The first-order valence-electron chi connectivity index (χ1n) is 4.20. The zero-order valence-electron chi connectivity index (χ0n) is 7.79. The molecule has 4 nitrogen and oxygen atoms in total. The molecule has 0 aliphatic heterocycles. The molecule has 0 aromatic carbocycles. The number of aromatic nitrogens is 1. The molecule has 0 bridgehead atoms. The van der Waals surface area contributed by atoms with Gasteiger partial charge in [0.1, 0.15) is 5.82 Å². The molecule has 4 heteroatoms. The van der Waals surface area contributed by atoms with Crippen LogP contribution in [0.4, 0.5) is 5.82 Å². The number of pyridine rings is 1. The summed E-state index contributed by atoms with van der Waals surface area (Å²) in [6.45, 7) is 2.82. The minimum atomic E-state index is -0.115. The third-order valence-electron chi connectivity index (χ3n) is 1.61. The van der Waals surface area contributed by atoms with Crippen LogP contribution in [0.25, 0.3) is 0 Å². The molecule has 0 atom stereocenters. The molecule has 0 spiro atoms. The molecule has 1 aromatic heterocycles. The molecule has 0 radical (unpaired) electrons. The largest absolute Gasteiger partial charge is 0.370 e. The lowest BCUT2D eigenvalue weighted by Gasteiger charge is -2.02. The molecular weight excluding hydrogens is 166 g/mol. The van der Waals surface area contributed by atoms with Crippen LogP contribution in [-0.4, -0.2) is 24.5 Å². The van der Waals surface area contributed by atoms with Crippen LogP contribution < -0.4 is 10.6 Å². The Morgan fingerprint density at radius 3 is 2.77 bits per heavy atom. The van der Waals surface area contributed by atoms with Crippen LogP contribution in [0.3, 0.4) is 0 Å². The molecule has 2 N–H and O–H groups in total. The Hall–Kier alpha value is -1.58. The Bertz CT molecular complexity index is 281. The zero-order chi connectivity index (χ0) is 9.68. The summed E-state index contributed by atoms with van der Waals surface area (Å²) in [7, 11) is 1.60. The van der Waals surface area contributed by atoms with Gasteiger partial charge in [0.25, 0.3) is 5.91 Å². The highest BCUT2D eigenvalue weighted by atomic mass is 16.1. The second-order valence-corrected chi connectivity index (χ2v) is 2.54. The van der Waals surface area contributed by atoms with Crippen LogP contribution in [0.15, 0.2) is 18.3 Å². The van der Waals surface area contributed by atoms with Gasteiger partial charge in [-0.25, -0.2) is 4.98 Å². The SMILES string of the molecule is CCNc1ccc(C(=O)NC)cn1. The summed E-state index contributed by atoms with van der Waals surface area (Å²) in [5, 5.41) is 5.58. The summed E-state index contributed by atoms with van der Waals surface area (Å²) < 4.78 is 0. The van der Waals surface area contributed by atoms with E-state index in [0.717, 1.165) is 12.4 Å². The fraction of sp³-hybridized carbons (Fsp3) is 0.333. The highest BCUT2D eigenvalue weighted by Crippen LogP contribution is 2.03. The van der Waals surface area contributed by atoms with Gasteiger partial charge in [0.2, 0.25) is 0 Å². The van der Waals surface area contributed by atoms with Crippen molar-refractivity contribution < 1.29 is 4.79 Å². The highest BCUT2D eigenvalue weighted by Gasteiger charge is 2.01. The number of hydrogen-bond donors (Lipinski definition) is 2. The average Bonchev–Trinajstić information content (AvgIpc) is 2.18. The van der Waals surface area contributed by atoms with Gasteiger partial charge in [-0.05, 0) is 19.1 Å². The van der Waals surface area contributed by atoms with E-state index in [1.807, 2.05) is 6.92 Å². The van der Waals surface area contributed by atoms with Crippen LogP contribution >= 0.6 is 0 Å². The predicted molar refractivity (Wildman–Crippen MR) is 51.8 cm³/mol. The maximum atomic E-state index is 11.1. The summed E-state index contributed by atoms with van der Waals surface area (Å²) in [6.07, 6.45) is 1.55. The Morgan fingerprint density at radius 1 is 1.54 bits per heavy atom. The summed E-state index contributed by atoms with van der Waals surface area (Å²) in [5.74, 6) is 0.672. The number of nitrogens with zero attached hydrogens (tertiary/aromatic N) is 1. The van der Waals surface area contributed by atoms with Crippen molar-refractivity contribution in [3.63, 3.8) is 0 Å². The first-order valence-corrected chi connectivity index (χ1v) is 4.20. The molecule has 0 fully saturated rings. The van der Waals surface area contributed by atoms with Crippen molar-refractivity contribution in [2.24, 2.45) is 0 Å². The summed E-state index contributed by atoms with van der Waals surface area (Å²) in [6, 6.07) is 3.53. The number of carbonyl (C=O) groups is 1. The van der Waals surface area contributed by atoms with Crippen molar-refractivity contribution >= 4 is 11.7 Å². The lowest BCUT2D eigenvalue weighted by molar-refractivity contribution is 0.0963. The smallest absolute Gasteiger partial charge is 0.252 e. The predicted octanol–water partition coefficient (Wildman–Crippen LogP) is 0.873. The third kappa shape index (κ3) is 2.43. The Morgan fingerprint density at radius 2 is 2.31 bits per heavy atom. The second-order valence-electron chi connectivity index (χ2n) is 2.54. The van der Waals surface area contributed by atoms with E-state index in [0.29, 0.717) is 5.56 Å². The number of rotatable bonds is 3. The number of carbonyl (C=O) groups excluding carboxylic acids is 1. The zero-order valence-corrected chi connectivity index (χ0v) is 7.79. The first-order chi connectivity index (χ1) is 6.27. The van der Waals surface area contributed by atoms with E-state index in [1.54, 1.807) is 25.4 Å². The molecule has 1 rings (SSSR count). The van der Waals surface area contributed by atoms with Gasteiger partial charge >= 0.3 is 0 Å². The van der Waals surface area contributed by atoms with Crippen molar-refractivity contribution in [1.29, 1.82) is 0 Å². The van der Waals surface area contributed by atoms with Crippen LogP contribution in [0, 0.1) is 0 Å². The Kier molecular flexibility index (Phi) is 3.25. The number of anilines is 1. The Balaban J connectivity index is 2.75. The van der Waals surface area contributed by atoms with E-state index >= 15 is 0 Å². The Labute approximate surface area is 77.4 Å². The third-order valence-corrected chi connectivity index (χ3v) is 1.61. The van der Waals surface area contributed by atoms with Gasteiger partial charge in [0, 0.05) is 19.8 Å². The van der Waals surface area contributed by atoms with Crippen LogP contribution in [0.2, 0.25) is 0 Å². The molecular formula is C9H13N3O. The van der Waals surface area contributed by atoms with Crippen molar-refractivity contribution in [3.8, 4) is 0 Å². The molecule has 0 unspecified atom stereocenters. The quantitative estimate of drug-likeness (QED) is 0.724. The average molecular weight is 179 g/mol. The van der Waals surface area contributed by atoms with Gasteiger partial charge in [-0.1, -0.05) is 0 Å². The molecule has 1 amide bonds. The summed E-state index contributed by atoms with van der Waals surface area (Å²) in [5.41, 5.74) is 0.573. The molecule has 0 aliphatic carbocycles. The molecule has 1 heterocycles. The maximum Gasteiger partial charge on any atom is 0.252 e. The topological polar surface area (TPSA) is 54.0 Å². The highest BCUT2D eigenvalue weighted by molar-refractivity contribution is 5.93. The van der Waals surface area contributed by atoms with Gasteiger partial charge < -0.3 is 10.6 Å². The molecule has 13 heavy (non-hydrogen) atoms.